The van der Waals surface area contributed by atoms with Crippen LogP contribution in [0.1, 0.15) is 26.4 Å². The zero-order chi connectivity index (χ0) is 14.9. The maximum atomic E-state index is 12.2. The Morgan fingerprint density at radius 2 is 2.15 bits per heavy atom. The summed E-state index contributed by atoms with van der Waals surface area (Å²) in [5.74, 6) is -1.74. The SMILES string of the molecule is Cc1nsc(N(C)C(=O)c2c[nH]ccc2=O)c1C(=O)O. The van der Waals surface area contributed by atoms with E-state index in [-0.39, 0.29) is 16.1 Å². The first-order valence-electron chi connectivity index (χ1n) is 5.58. The first kappa shape index (κ1) is 13.9. The van der Waals surface area contributed by atoms with E-state index < -0.39 is 17.3 Å². The molecule has 2 N–H and O–H groups in total. The van der Waals surface area contributed by atoms with Crippen LogP contribution in [-0.2, 0) is 0 Å². The zero-order valence-electron chi connectivity index (χ0n) is 10.7. The van der Waals surface area contributed by atoms with Crippen molar-refractivity contribution in [3.8, 4) is 0 Å². The van der Waals surface area contributed by atoms with Crippen LogP contribution in [0.4, 0.5) is 5.00 Å². The van der Waals surface area contributed by atoms with Gasteiger partial charge >= 0.3 is 5.97 Å². The number of pyridine rings is 1. The molecule has 0 radical (unpaired) electrons. The van der Waals surface area contributed by atoms with Crippen LogP contribution in [0.5, 0.6) is 0 Å². The number of hydrogen-bond acceptors (Lipinski definition) is 5. The Bertz CT molecular complexity index is 734. The number of anilines is 1. The van der Waals surface area contributed by atoms with Crippen LogP contribution in [-0.4, -0.2) is 33.4 Å². The molecule has 0 aromatic carbocycles. The molecular formula is C12H11N3O4S. The maximum Gasteiger partial charge on any atom is 0.340 e. The summed E-state index contributed by atoms with van der Waals surface area (Å²) in [6, 6.07) is 1.23. The number of carboxylic acid groups (broad SMARTS) is 1. The summed E-state index contributed by atoms with van der Waals surface area (Å²) in [6.45, 7) is 1.55. The first-order valence-corrected chi connectivity index (χ1v) is 6.35. The molecule has 2 aromatic heterocycles. The van der Waals surface area contributed by atoms with Gasteiger partial charge in [-0.15, -0.1) is 0 Å². The number of aromatic carboxylic acids is 1. The minimum atomic E-state index is -1.16. The van der Waals surface area contributed by atoms with Crippen molar-refractivity contribution in [2.45, 2.75) is 6.92 Å². The minimum Gasteiger partial charge on any atom is -0.478 e. The Morgan fingerprint density at radius 1 is 1.45 bits per heavy atom. The van der Waals surface area contributed by atoms with Gasteiger partial charge in [-0.25, -0.2) is 4.79 Å². The molecule has 1 amide bonds. The fraction of sp³-hybridized carbons (Fsp3) is 0.167. The quantitative estimate of drug-likeness (QED) is 0.882. The number of carboxylic acids is 1. The number of rotatable bonds is 3. The van der Waals surface area contributed by atoms with Crippen LogP contribution in [0.15, 0.2) is 23.3 Å². The highest BCUT2D eigenvalue weighted by Crippen LogP contribution is 2.28. The number of aromatic amines is 1. The third-order valence-corrected chi connectivity index (χ3v) is 3.74. The number of hydrogen-bond donors (Lipinski definition) is 2. The van der Waals surface area contributed by atoms with Gasteiger partial charge in [0.15, 0.2) is 5.43 Å². The molecule has 0 aliphatic heterocycles. The van der Waals surface area contributed by atoms with Crippen LogP contribution in [0.25, 0.3) is 0 Å². The van der Waals surface area contributed by atoms with Crippen molar-refractivity contribution >= 4 is 28.4 Å². The fourth-order valence-corrected chi connectivity index (χ4v) is 2.54. The van der Waals surface area contributed by atoms with Crippen molar-refractivity contribution in [2.24, 2.45) is 0 Å². The lowest BCUT2D eigenvalue weighted by Gasteiger charge is -2.15. The highest BCUT2D eigenvalue weighted by atomic mass is 32.1. The molecule has 0 unspecified atom stereocenters. The summed E-state index contributed by atoms with van der Waals surface area (Å²) in [5.41, 5.74) is -0.187. The Morgan fingerprint density at radius 3 is 2.75 bits per heavy atom. The number of amides is 1. The van der Waals surface area contributed by atoms with E-state index in [1.54, 1.807) is 6.92 Å². The lowest BCUT2D eigenvalue weighted by Crippen LogP contribution is -2.31. The van der Waals surface area contributed by atoms with E-state index in [0.717, 1.165) is 16.4 Å². The van der Waals surface area contributed by atoms with E-state index in [0.29, 0.717) is 5.69 Å². The molecule has 0 saturated heterocycles. The van der Waals surface area contributed by atoms with Crippen LogP contribution in [0.3, 0.4) is 0 Å². The topological polar surface area (TPSA) is 103 Å². The van der Waals surface area contributed by atoms with Crippen molar-refractivity contribution in [3.05, 3.63) is 45.5 Å². The van der Waals surface area contributed by atoms with E-state index in [9.17, 15) is 14.4 Å². The highest BCUT2D eigenvalue weighted by Gasteiger charge is 2.25. The average Bonchev–Trinajstić information content (AvgIpc) is 2.79. The molecule has 20 heavy (non-hydrogen) atoms. The summed E-state index contributed by atoms with van der Waals surface area (Å²) in [4.78, 5) is 38.8. The van der Waals surface area contributed by atoms with Gasteiger partial charge in [0, 0.05) is 25.5 Å². The predicted octanol–water partition coefficient (Wildman–Crippen LogP) is 1.11. The number of H-pyrrole nitrogens is 1. The van der Waals surface area contributed by atoms with Crippen LogP contribution in [0.2, 0.25) is 0 Å². The van der Waals surface area contributed by atoms with Crippen molar-refractivity contribution in [1.82, 2.24) is 9.36 Å². The lowest BCUT2D eigenvalue weighted by atomic mass is 10.2. The Balaban J connectivity index is 2.45. The molecule has 0 aliphatic carbocycles. The molecule has 0 spiro atoms. The smallest absolute Gasteiger partial charge is 0.340 e. The number of aromatic nitrogens is 2. The Hall–Kier alpha value is -2.48. The van der Waals surface area contributed by atoms with Crippen molar-refractivity contribution in [3.63, 3.8) is 0 Å². The molecule has 0 saturated carbocycles. The molecule has 0 atom stereocenters. The molecular weight excluding hydrogens is 282 g/mol. The summed E-state index contributed by atoms with van der Waals surface area (Å²) in [6.07, 6.45) is 2.70. The van der Waals surface area contributed by atoms with E-state index in [4.69, 9.17) is 5.11 Å². The maximum absolute atomic E-state index is 12.2. The summed E-state index contributed by atoms with van der Waals surface area (Å²) >= 11 is 0.903. The molecule has 2 aromatic rings. The molecule has 7 nitrogen and oxygen atoms in total. The summed E-state index contributed by atoms with van der Waals surface area (Å²) in [5, 5.41) is 9.35. The highest BCUT2D eigenvalue weighted by molar-refractivity contribution is 7.11. The van der Waals surface area contributed by atoms with Gasteiger partial charge in [0.05, 0.1) is 5.69 Å². The summed E-state index contributed by atoms with van der Waals surface area (Å²) < 4.78 is 3.94. The van der Waals surface area contributed by atoms with E-state index >= 15 is 0 Å². The number of nitrogens with one attached hydrogen (secondary N) is 1. The number of nitrogens with zero attached hydrogens (tertiary/aromatic N) is 2. The normalized spacial score (nSPS) is 10.3. The Kier molecular flexibility index (Phi) is 3.66. The number of carbonyl (C=O) groups is 2. The van der Waals surface area contributed by atoms with Gasteiger partial charge < -0.3 is 15.0 Å². The molecule has 0 bridgehead atoms. The zero-order valence-corrected chi connectivity index (χ0v) is 11.5. The molecule has 2 rings (SSSR count). The van der Waals surface area contributed by atoms with Crippen LogP contribution in [0, 0.1) is 6.92 Å². The van der Waals surface area contributed by atoms with E-state index in [2.05, 4.69) is 9.36 Å². The first-order chi connectivity index (χ1) is 9.43. The third kappa shape index (κ3) is 2.32. The third-order valence-electron chi connectivity index (χ3n) is 2.72. The second-order valence-electron chi connectivity index (χ2n) is 4.04. The summed E-state index contributed by atoms with van der Waals surface area (Å²) in [7, 11) is 1.41. The van der Waals surface area contributed by atoms with Gasteiger partial charge in [0.25, 0.3) is 5.91 Å². The monoisotopic (exact) mass is 293 g/mol. The lowest BCUT2D eigenvalue weighted by molar-refractivity contribution is 0.0697. The van der Waals surface area contributed by atoms with Gasteiger partial charge in [-0.05, 0) is 18.5 Å². The molecule has 0 fully saturated rings. The van der Waals surface area contributed by atoms with Gasteiger partial charge in [-0.2, -0.15) is 4.37 Å². The van der Waals surface area contributed by atoms with Gasteiger partial charge in [0.1, 0.15) is 16.1 Å². The Labute approximate surface area is 117 Å². The van der Waals surface area contributed by atoms with Crippen molar-refractivity contribution in [1.29, 1.82) is 0 Å². The number of carbonyl (C=O) groups excluding carboxylic acids is 1. The standard InChI is InChI=1S/C12H11N3O4S/c1-6-9(12(18)19)11(20-14-6)15(2)10(17)7-5-13-4-3-8(7)16/h3-5H,1-2H3,(H,13,16)(H,18,19). The predicted molar refractivity (Wildman–Crippen MR) is 73.6 cm³/mol. The van der Waals surface area contributed by atoms with Crippen molar-refractivity contribution < 1.29 is 14.7 Å². The minimum absolute atomic E-state index is 0.0294. The number of aryl methyl sites for hydroxylation is 1. The van der Waals surface area contributed by atoms with E-state index in [1.807, 2.05) is 0 Å². The molecule has 2 heterocycles. The molecule has 104 valence electrons. The van der Waals surface area contributed by atoms with E-state index in [1.165, 1.54) is 25.5 Å². The van der Waals surface area contributed by atoms with Gasteiger partial charge in [-0.1, -0.05) is 0 Å². The largest absolute Gasteiger partial charge is 0.478 e. The molecule has 0 aliphatic rings. The van der Waals surface area contributed by atoms with Gasteiger partial charge in [0.2, 0.25) is 0 Å². The fourth-order valence-electron chi connectivity index (χ4n) is 1.69. The second-order valence-corrected chi connectivity index (χ2v) is 4.79. The second kappa shape index (κ2) is 5.25. The average molecular weight is 293 g/mol. The van der Waals surface area contributed by atoms with Gasteiger partial charge in [-0.3, -0.25) is 9.59 Å². The molecule has 8 heteroatoms. The van der Waals surface area contributed by atoms with Crippen LogP contribution < -0.4 is 10.3 Å². The van der Waals surface area contributed by atoms with Crippen molar-refractivity contribution in [2.75, 3.05) is 11.9 Å². The van der Waals surface area contributed by atoms with Crippen LogP contribution >= 0.6 is 11.5 Å².